The minimum atomic E-state index is -3.31. The van der Waals surface area contributed by atoms with Gasteiger partial charge in [0, 0.05) is 11.3 Å². The van der Waals surface area contributed by atoms with Gasteiger partial charge < -0.3 is 5.11 Å². The van der Waals surface area contributed by atoms with Crippen LogP contribution in [0.2, 0.25) is 0 Å². The Morgan fingerprint density at radius 2 is 1.80 bits per heavy atom. The summed E-state index contributed by atoms with van der Waals surface area (Å²) in [5.74, 6) is -0.0238. The van der Waals surface area contributed by atoms with E-state index in [1.54, 1.807) is 12.1 Å². The van der Waals surface area contributed by atoms with Gasteiger partial charge in [-0.1, -0.05) is 44.4 Å². The van der Waals surface area contributed by atoms with Crippen LogP contribution in [-0.2, 0) is 9.84 Å². The molecule has 1 aromatic carbocycles. The molecule has 0 saturated heterocycles. The molecule has 0 aromatic heterocycles. The zero-order valence-electron chi connectivity index (χ0n) is 11.9. The van der Waals surface area contributed by atoms with Crippen LogP contribution in [0, 0.1) is 5.41 Å². The topological polar surface area (TPSA) is 54.4 Å². The van der Waals surface area contributed by atoms with Gasteiger partial charge in [-0.2, -0.15) is 0 Å². The number of rotatable bonds is 0. The van der Waals surface area contributed by atoms with Crippen molar-refractivity contribution in [2.45, 2.75) is 55.9 Å². The minimum Gasteiger partial charge on any atom is -0.392 e. The Hall–Kier alpha value is -0.870. The molecule has 1 heterocycles. The molecule has 3 rings (SSSR count). The third-order valence-electron chi connectivity index (χ3n) is 5.17. The van der Waals surface area contributed by atoms with Crippen LogP contribution in [0.4, 0.5) is 0 Å². The average Bonchev–Trinajstić information content (AvgIpc) is 2.50. The summed E-state index contributed by atoms with van der Waals surface area (Å²) in [5, 5.41) is 10.8. The van der Waals surface area contributed by atoms with Crippen LogP contribution in [0.3, 0.4) is 0 Å². The lowest BCUT2D eigenvalue weighted by Gasteiger charge is -2.41. The van der Waals surface area contributed by atoms with Crippen molar-refractivity contribution in [2.75, 3.05) is 5.75 Å². The van der Waals surface area contributed by atoms with Crippen molar-refractivity contribution in [1.29, 1.82) is 0 Å². The first-order valence-corrected chi connectivity index (χ1v) is 9.11. The predicted octanol–water partition coefficient (Wildman–Crippen LogP) is 2.89. The standard InChI is InChI=1S/C16H22O3S/c1-12-13-7-3-4-8-14(13)20(18,19)11-16(15(12)17)9-5-2-6-10-16/h3-4,7-8,12,15,17H,2,5-6,9-11H2,1H3/t12-,15-/m1/s1. The Morgan fingerprint density at radius 3 is 2.50 bits per heavy atom. The van der Waals surface area contributed by atoms with Gasteiger partial charge in [-0.25, -0.2) is 8.42 Å². The van der Waals surface area contributed by atoms with Gasteiger partial charge in [0.25, 0.3) is 0 Å². The fourth-order valence-electron chi connectivity index (χ4n) is 4.08. The van der Waals surface area contributed by atoms with Gasteiger partial charge in [0.2, 0.25) is 0 Å². The first-order valence-electron chi connectivity index (χ1n) is 7.46. The predicted molar refractivity (Wildman–Crippen MR) is 78.4 cm³/mol. The second-order valence-corrected chi connectivity index (χ2v) is 8.41. The van der Waals surface area contributed by atoms with E-state index in [0.717, 1.165) is 37.7 Å². The zero-order chi connectivity index (χ0) is 14.4. The van der Waals surface area contributed by atoms with E-state index in [-0.39, 0.29) is 11.7 Å². The summed E-state index contributed by atoms with van der Waals surface area (Å²) in [6.07, 6.45) is 4.28. The Labute approximate surface area is 120 Å². The lowest BCUT2D eigenvalue weighted by molar-refractivity contribution is -0.00199. The van der Waals surface area contributed by atoms with Crippen molar-refractivity contribution < 1.29 is 13.5 Å². The highest BCUT2D eigenvalue weighted by Crippen LogP contribution is 2.48. The number of aliphatic hydroxyl groups is 1. The lowest BCUT2D eigenvalue weighted by Crippen LogP contribution is -2.43. The monoisotopic (exact) mass is 294 g/mol. The zero-order valence-corrected chi connectivity index (χ0v) is 12.7. The van der Waals surface area contributed by atoms with Crippen LogP contribution in [0.1, 0.15) is 50.5 Å². The normalized spacial score (nSPS) is 31.5. The second kappa shape index (κ2) is 4.85. The van der Waals surface area contributed by atoms with E-state index in [1.807, 2.05) is 19.1 Å². The average molecular weight is 294 g/mol. The number of hydrogen-bond donors (Lipinski definition) is 1. The number of sulfone groups is 1. The number of benzene rings is 1. The molecule has 0 unspecified atom stereocenters. The van der Waals surface area contributed by atoms with Crippen molar-refractivity contribution in [3.8, 4) is 0 Å². The summed E-state index contributed by atoms with van der Waals surface area (Å²) in [6.45, 7) is 1.96. The molecule has 1 spiro atoms. The van der Waals surface area contributed by atoms with Crippen molar-refractivity contribution in [2.24, 2.45) is 5.41 Å². The smallest absolute Gasteiger partial charge is 0.179 e. The summed E-state index contributed by atoms with van der Waals surface area (Å²) in [4.78, 5) is 0.425. The molecule has 110 valence electrons. The van der Waals surface area contributed by atoms with E-state index >= 15 is 0 Å². The molecule has 1 aliphatic heterocycles. The number of fused-ring (bicyclic) bond motifs is 1. The molecule has 0 radical (unpaired) electrons. The SMILES string of the molecule is C[C@@H]1c2ccccc2S(=O)(=O)CC2(CCCCC2)[C@@H]1O. The summed E-state index contributed by atoms with van der Waals surface area (Å²) in [6, 6.07) is 7.17. The summed E-state index contributed by atoms with van der Waals surface area (Å²) >= 11 is 0. The first kappa shape index (κ1) is 14.1. The fraction of sp³-hybridized carbons (Fsp3) is 0.625. The maximum atomic E-state index is 12.7. The third kappa shape index (κ3) is 2.09. The van der Waals surface area contributed by atoms with E-state index < -0.39 is 21.4 Å². The van der Waals surface area contributed by atoms with Crippen molar-refractivity contribution in [3.63, 3.8) is 0 Å². The van der Waals surface area contributed by atoms with Gasteiger partial charge in [0.1, 0.15) is 0 Å². The molecular weight excluding hydrogens is 272 g/mol. The minimum absolute atomic E-state index is 0.0997. The van der Waals surface area contributed by atoms with Gasteiger partial charge in [-0.15, -0.1) is 0 Å². The molecular formula is C16H22O3S. The van der Waals surface area contributed by atoms with Crippen LogP contribution in [0.5, 0.6) is 0 Å². The van der Waals surface area contributed by atoms with E-state index in [2.05, 4.69) is 0 Å². The summed E-state index contributed by atoms with van der Waals surface area (Å²) < 4.78 is 25.5. The molecule has 2 aliphatic rings. The Bertz CT molecular complexity index is 600. The second-order valence-electron chi connectivity index (χ2n) is 6.45. The van der Waals surface area contributed by atoms with E-state index in [1.165, 1.54) is 0 Å². The van der Waals surface area contributed by atoms with Crippen LogP contribution in [-0.4, -0.2) is 25.4 Å². The molecule has 2 atom stereocenters. The molecule has 20 heavy (non-hydrogen) atoms. The van der Waals surface area contributed by atoms with Crippen molar-refractivity contribution in [1.82, 2.24) is 0 Å². The fourth-order valence-corrected chi connectivity index (χ4v) is 6.35. The van der Waals surface area contributed by atoms with Crippen molar-refractivity contribution in [3.05, 3.63) is 29.8 Å². The molecule has 0 amide bonds. The molecule has 4 heteroatoms. The van der Waals surface area contributed by atoms with Crippen LogP contribution in [0.25, 0.3) is 0 Å². The number of aliphatic hydroxyl groups excluding tert-OH is 1. The first-order chi connectivity index (χ1) is 9.46. The Kier molecular flexibility index (Phi) is 3.41. The van der Waals surface area contributed by atoms with Gasteiger partial charge >= 0.3 is 0 Å². The lowest BCUT2D eigenvalue weighted by atomic mass is 9.67. The maximum Gasteiger partial charge on any atom is 0.179 e. The molecule has 1 aromatic rings. The summed E-state index contributed by atoms with van der Waals surface area (Å²) in [7, 11) is -3.31. The van der Waals surface area contributed by atoms with Crippen LogP contribution in [0.15, 0.2) is 29.2 Å². The van der Waals surface area contributed by atoms with E-state index in [4.69, 9.17) is 0 Å². The van der Waals surface area contributed by atoms with E-state index in [0.29, 0.717) is 4.90 Å². The third-order valence-corrected chi connectivity index (χ3v) is 7.17. The molecule has 1 N–H and O–H groups in total. The van der Waals surface area contributed by atoms with Gasteiger partial charge in [-0.05, 0) is 24.5 Å². The maximum absolute atomic E-state index is 12.7. The van der Waals surface area contributed by atoms with Crippen molar-refractivity contribution >= 4 is 9.84 Å². The highest BCUT2D eigenvalue weighted by atomic mass is 32.2. The van der Waals surface area contributed by atoms with Crippen LogP contribution < -0.4 is 0 Å². The van der Waals surface area contributed by atoms with E-state index in [9.17, 15) is 13.5 Å². The molecule has 1 aliphatic carbocycles. The molecule has 3 nitrogen and oxygen atoms in total. The van der Waals surface area contributed by atoms with Gasteiger partial charge in [0.05, 0.1) is 16.8 Å². The van der Waals surface area contributed by atoms with Crippen LogP contribution >= 0.6 is 0 Å². The highest BCUT2D eigenvalue weighted by Gasteiger charge is 2.48. The van der Waals surface area contributed by atoms with Gasteiger partial charge in [-0.3, -0.25) is 0 Å². The molecule has 1 fully saturated rings. The summed E-state index contributed by atoms with van der Waals surface area (Å²) in [5.41, 5.74) is 0.331. The largest absolute Gasteiger partial charge is 0.392 e. The Balaban J connectivity index is 2.15. The van der Waals surface area contributed by atoms with Gasteiger partial charge in [0.15, 0.2) is 9.84 Å². The molecule has 0 bridgehead atoms. The Morgan fingerprint density at radius 1 is 1.15 bits per heavy atom. The number of hydrogen-bond acceptors (Lipinski definition) is 3. The molecule has 1 saturated carbocycles. The highest BCUT2D eigenvalue weighted by molar-refractivity contribution is 7.91. The quantitative estimate of drug-likeness (QED) is 0.800.